The molecule has 0 heterocycles. The summed E-state index contributed by atoms with van der Waals surface area (Å²) in [6, 6.07) is 14.8. The average molecular weight is 265 g/mol. The van der Waals surface area contributed by atoms with E-state index < -0.39 is 11.7 Å². The summed E-state index contributed by atoms with van der Waals surface area (Å²) < 4.78 is 37.8. The molecule has 1 N–H and O–H groups in total. The van der Waals surface area contributed by atoms with Crippen molar-refractivity contribution in [2.24, 2.45) is 0 Å². The zero-order chi connectivity index (χ0) is 13.9. The van der Waals surface area contributed by atoms with Crippen molar-refractivity contribution in [1.82, 2.24) is 0 Å². The van der Waals surface area contributed by atoms with E-state index in [1.165, 1.54) is 6.07 Å². The predicted octanol–water partition coefficient (Wildman–Crippen LogP) is 4.88. The maximum atomic E-state index is 12.6. The number of benzene rings is 2. The molecule has 1 atom stereocenters. The molecule has 0 amide bonds. The van der Waals surface area contributed by atoms with Crippen molar-refractivity contribution in [2.75, 3.05) is 5.32 Å². The molecule has 2 aromatic carbocycles. The van der Waals surface area contributed by atoms with E-state index in [-0.39, 0.29) is 6.04 Å². The van der Waals surface area contributed by atoms with E-state index in [1.807, 2.05) is 37.3 Å². The van der Waals surface area contributed by atoms with E-state index in [0.29, 0.717) is 5.69 Å². The molecule has 2 rings (SSSR count). The third-order valence-electron chi connectivity index (χ3n) is 2.87. The molecule has 0 bridgehead atoms. The van der Waals surface area contributed by atoms with Crippen LogP contribution >= 0.6 is 0 Å². The van der Waals surface area contributed by atoms with Gasteiger partial charge in [-0.15, -0.1) is 0 Å². The molecule has 0 saturated heterocycles. The first-order valence-electron chi connectivity index (χ1n) is 5.95. The van der Waals surface area contributed by atoms with E-state index in [2.05, 4.69) is 5.32 Å². The maximum absolute atomic E-state index is 12.6. The molecule has 0 aromatic heterocycles. The Morgan fingerprint density at radius 2 is 1.63 bits per heavy atom. The second-order valence-corrected chi connectivity index (χ2v) is 4.36. The van der Waals surface area contributed by atoms with Gasteiger partial charge in [-0.1, -0.05) is 36.4 Å². The van der Waals surface area contributed by atoms with Crippen LogP contribution in [-0.2, 0) is 6.18 Å². The highest BCUT2D eigenvalue weighted by Gasteiger charge is 2.30. The molecule has 100 valence electrons. The van der Waals surface area contributed by atoms with Crippen LogP contribution in [0.15, 0.2) is 54.6 Å². The summed E-state index contributed by atoms with van der Waals surface area (Å²) in [6.45, 7) is 1.91. The number of hydrogen-bond donors (Lipinski definition) is 1. The van der Waals surface area contributed by atoms with Crippen molar-refractivity contribution in [3.8, 4) is 0 Å². The van der Waals surface area contributed by atoms with Crippen molar-refractivity contribution in [3.05, 3.63) is 65.7 Å². The summed E-state index contributed by atoms with van der Waals surface area (Å²) in [6.07, 6.45) is -4.31. The molecule has 0 aliphatic carbocycles. The largest absolute Gasteiger partial charge is 0.416 e. The second kappa shape index (κ2) is 5.34. The van der Waals surface area contributed by atoms with Crippen LogP contribution < -0.4 is 5.32 Å². The molecular formula is C15H14F3N. The maximum Gasteiger partial charge on any atom is 0.416 e. The van der Waals surface area contributed by atoms with Crippen LogP contribution in [0, 0.1) is 0 Å². The number of rotatable bonds is 3. The highest BCUT2D eigenvalue weighted by atomic mass is 19.4. The van der Waals surface area contributed by atoms with Crippen molar-refractivity contribution in [1.29, 1.82) is 0 Å². The fourth-order valence-corrected chi connectivity index (χ4v) is 1.86. The summed E-state index contributed by atoms with van der Waals surface area (Å²) in [5.41, 5.74) is 0.851. The lowest BCUT2D eigenvalue weighted by atomic mass is 10.1. The summed E-state index contributed by atoms with van der Waals surface area (Å²) >= 11 is 0. The second-order valence-electron chi connectivity index (χ2n) is 4.36. The Kier molecular flexibility index (Phi) is 3.79. The normalized spacial score (nSPS) is 13.1. The fourth-order valence-electron chi connectivity index (χ4n) is 1.86. The number of hydrogen-bond acceptors (Lipinski definition) is 1. The molecule has 0 aliphatic rings. The summed E-state index contributed by atoms with van der Waals surface area (Å²) in [5, 5.41) is 3.07. The third-order valence-corrected chi connectivity index (χ3v) is 2.87. The number of alkyl halides is 3. The van der Waals surface area contributed by atoms with E-state index >= 15 is 0 Å². The minimum atomic E-state index is -4.31. The first-order chi connectivity index (χ1) is 8.97. The van der Waals surface area contributed by atoms with Crippen LogP contribution in [0.2, 0.25) is 0 Å². The van der Waals surface area contributed by atoms with Gasteiger partial charge in [0, 0.05) is 11.7 Å². The summed E-state index contributed by atoms with van der Waals surface area (Å²) in [5.74, 6) is 0. The number of anilines is 1. The van der Waals surface area contributed by atoms with Gasteiger partial charge in [0.1, 0.15) is 0 Å². The SMILES string of the molecule is CC(Nc1cccc(C(F)(F)F)c1)c1ccccc1. The zero-order valence-electron chi connectivity index (χ0n) is 10.4. The fraction of sp³-hybridized carbons (Fsp3) is 0.200. The van der Waals surface area contributed by atoms with E-state index in [9.17, 15) is 13.2 Å². The van der Waals surface area contributed by atoms with Crippen molar-refractivity contribution in [3.63, 3.8) is 0 Å². The van der Waals surface area contributed by atoms with Gasteiger partial charge >= 0.3 is 6.18 Å². The first-order valence-corrected chi connectivity index (χ1v) is 5.95. The van der Waals surface area contributed by atoms with E-state index in [0.717, 1.165) is 17.7 Å². The smallest absolute Gasteiger partial charge is 0.379 e. The Morgan fingerprint density at radius 3 is 2.26 bits per heavy atom. The highest BCUT2D eigenvalue weighted by molar-refractivity contribution is 5.48. The van der Waals surface area contributed by atoms with Gasteiger partial charge in [-0.05, 0) is 30.7 Å². The van der Waals surface area contributed by atoms with Crippen LogP contribution in [0.5, 0.6) is 0 Å². The van der Waals surface area contributed by atoms with E-state index in [4.69, 9.17) is 0 Å². The summed E-state index contributed by atoms with van der Waals surface area (Å²) in [7, 11) is 0. The Morgan fingerprint density at radius 1 is 0.947 bits per heavy atom. The highest BCUT2D eigenvalue weighted by Crippen LogP contribution is 2.31. The third kappa shape index (κ3) is 3.50. The predicted molar refractivity (Wildman–Crippen MR) is 69.9 cm³/mol. The Bertz CT molecular complexity index is 535. The Hall–Kier alpha value is -1.97. The lowest BCUT2D eigenvalue weighted by Crippen LogP contribution is -2.09. The van der Waals surface area contributed by atoms with Crippen LogP contribution in [0.4, 0.5) is 18.9 Å². The lowest BCUT2D eigenvalue weighted by molar-refractivity contribution is -0.137. The molecule has 0 spiro atoms. The standard InChI is InChI=1S/C15H14F3N/c1-11(12-6-3-2-4-7-12)19-14-9-5-8-13(10-14)15(16,17)18/h2-11,19H,1H3. The average Bonchev–Trinajstić information content (AvgIpc) is 2.39. The van der Waals surface area contributed by atoms with Crippen LogP contribution in [0.25, 0.3) is 0 Å². The molecule has 0 fully saturated rings. The molecule has 0 aliphatic heterocycles. The molecule has 1 unspecified atom stereocenters. The monoisotopic (exact) mass is 265 g/mol. The summed E-state index contributed by atoms with van der Waals surface area (Å²) in [4.78, 5) is 0. The number of halogens is 3. The zero-order valence-corrected chi connectivity index (χ0v) is 10.4. The van der Waals surface area contributed by atoms with Crippen molar-refractivity contribution < 1.29 is 13.2 Å². The molecular weight excluding hydrogens is 251 g/mol. The Labute approximate surface area is 110 Å². The molecule has 1 nitrogen and oxygen atoms in total. The Balaban J connectivity index is 2.16. The first kappa shape index (κ1) is 13.5. The molecule has 0 saturated carbocycles. The number of nitrogens with one attached hydrogen (secondary N) is 1. The molecule has 4 heteroatoms. The van der Waals surface area contributed by atoms with Gasteiger partial charge in [-0.2, -0.15) is 13.2 Å². The van der Waals surface area contributed by atoms with Gasteiger partial charge in [0.25, 0.3) is 0 Å². The van der Waals surface area contributed by atoms with Gasteiger partial charge in [-0.25, -0.2) is 0 Å². The van der Waals surface area contributed by atoms with Gasteiger partial charge < -0.3 is 5.32 Å². The van der Waals surface area contributed by atoms with Crippen LogP contribution in [0.3, 0.4) is 0 Å². The quantitative estimate of drug-likeness (QED) is 0.834. The van der Waals surface area contributed by atoms with Gasteiger partial charge in [-0.3, -0.25) is 0 Å². The minimum Gasteiger partial charge on any atom is -0.379 e. The van der Waals surface area contributed by atoms with Crippen LogP contribution in [0.1, 0.15) is 24.1 Å². The minimum absolute atomic E-state index is 0.0512. The van der Waals surface area contributed by atoms with Gasteiger partial charge in [0.15, 0.2) is 0 Å². The van der Waals surface area contributed by atoms with Crippen molar-refractivity contribution in [2.45, 2.75) is 19.1 Å². The lowest BCUT2D eigenvalue weighted by Gasteiger charge is -2.17. The topological polar surface area (TPSA) is 12.0 Å². The van der Waals surface area contributed by atoms with Gasteiger partial charge in [0.05, 0.1) is 5.56 Å². The molecule has 19 heavy (non-hydrogen) atoms. The molecule has 0 radical (unpaired) electrons. The molecule has 2 aromatic rings. The van der Waals surface area contributed by atoms with Crippen LogP contribution in [-0.4, -0.2) is 0 Å². The van der Waals surface area contributed by atoms with Crippen molar-refractivity contribution >= 4 is 5.69 Å². The van der Waals surface area contributed by atoms with Gasteiger partial charge in [0.2, 0.25) is 0 Å². The van der Waals surface area contributed by atoms with E-state index in [1.54, 1.807) is 6.07 Å².